The standard InChI is InChI=1S/C20H21N3O3S/c24-18(21-13-17-7-4-12-26-17)15-8-10-16(11-9-15)22-20(27)23-19(25)14-5-2-1-3-6-14/h1-3,5-6,8-11,17H,4,7,12-13H2,(H,21,24)(H2,22,23,25,27). The number of carbonyl (C=O) groups is 2. The molecule has 1 unspecified atom stereocenters. The third kappa shape index (κ3) is 5.60. The van der Waals surface area contributed by atoms with Crippen LogP contribution >= 0.6 is 12.2 Å². The summed E-state index contributed by atoms with van der Waals surface area (Å²) in [7, 11) is 0. The normalized spacial score (nSPS) is 15.8. The highest BCUT2D eigenvalue weighted by atomic mass is 32.1. The number of hydrogen-bond acceptors (Lipinski definition) is 4. The van der Waals surface area contributed by atoms with E-state index in [0.717, 1.165) is 19.4 Å². The van der Waals surface area contributed by atoms with Gasteiger partial charge in [-0.25, -0.2) is 0 Å². The van der Waals surface area contributed by atoms with Gasteiger partial charge in [-0.15, -0.1) is 0 Å². The van der Waals surface area contributed by atoms with Crippen molar-refractivity contribution in [2.24, 2.45) is 0 Å². The Kier molecular flexibility index (Phi) is 6.51. The van der Waals surface area contributed by atoms with Gasteiger partial charge >= 0.3 is 0 Å². The first-order valence-corrected chi connectivity index (χ1v) is 9.20. The maximum Gasteiger partial charge on any atom is 0.257 e. The average Bonchev–Trinajstić information content (AvgIpc) is 3.21. The Morgan fingerprint density at radius 3 is 2.37 bits per heavy atom. The summed E-state index contributed by atoms with van der Waals surface area (Å²) in [5.74, 6) is -0.421. The molecule has 140 valence electrons. The summed E-state index contributed by atoms with van der Waals surface area (Å²) in [5.41, 5.74) is 1.77. The number of carbonyl (C=O) groups excluding carboxylic acids is 2. The Bertz CT molecular complexity index is 803. The molecule has 1 saturated heterocycles. The maximum atomic E-state index is 12.2. The first-order valence-electron chi connectivity index (χ1n) is 8.79. The smallest absolute Gasteiger partial charge is 0.257 e. The number of ether oxygens (including phenoxy) is 1. The van der Waals surface area contributed by atoms with Crippen molar-refractivity contribution in [3.8, 4) is 0 Å². The highest BCUT2D eigenvalue weighted by Gasteiger charge is 2.16. The summed E-state index contributed by atoms with van der Waals surface area (Å²) in [6, 6.07) is 15.7. The molecule has 1 aliphatic rings. The minimum absolute atomic E-state index is 0.112. The van der Waals surface area contributed by atoms with Gasteiger partial charge in [0, 0.05) is 30.0 Å². The van der Waals surface area contributed by atoms with Crippen molar-refractivity contribution < 1.29 is 14.3 Å². The van der Waals surface area contributed by atoms with Crippen molar-refractivity contribution in [1.29, 1.82) is 0 Å². The fourth-order valence-electron chi connectivity index (χ4n) is 2.75. The van der Waals surface area contributed by atoms with Crippen LogP contribution in [0.1, 0.15) is 33.6 Å². The molecule has 3 N–H and O–H groups in total. The van der Waals surface area contributed by atoms with E-state index in [1.165, 1.54) is 0 Å². The summed E-state index contributed by atoms with van der Waals surface area (Å²) in [6.45, 7) is 1.29. The molecule has 7 heteroatoms. The molecule has 1 aliphatic heterocycles. The van der Waals surface area contributed by atoms with Gasteiger partial charge in [0.05, 0.1) is 6.10 Å². The second-order valence-electron chi connectivity index (χ2n) is 6.20. The van der Waals surface area contributed by atoms with Crippen molar-refractivity contribution in [2.45, 2.75) is 18.9 Å². The Labute approximate surface area is 163 Å². The maximum absolute atomic E-state index is 12.2. The third-order valence-electron chi connectivity index (χ3n) is 4.18. The Morgan fingerprint density at radius 1 is 1.00 bits per heavy atom. The molecular formula is C20H21N3O3S. The average molecular weight is 383 g/mol. The molecular weight excluding hydrogens is 362 g/mol. The van der Waals surface area contributed by atoms with Crippen molar-refractivity contribution in [3.05, 3.63) is 65.7 Å². The molecule has 0 saturated carbocycles. The lowest BCUT2D eigenvalue weighted by atomic mass is 10.2. The van der Waals surface area contributed by atoms with Gasteiger partial charge in [-0.1, -0.05) is 18.2 Å². The van der Waals surface area contributed by atoms with E-state index in [-0.39, 0.29) is 23.0 Å². The zero-order valence-electron chi connectivity index (χ0n) is 14.7. The molecule has 2 amide bonds. The van der Waals surface area contributed by atoms with Gasteiger partial charge in [0.15, 0.2) is 5.11 Å². The fourth-order valence-corrected chi connectivity index (χ4v) is 2.96. The Hall–Kier alpha value is -2.77. The van der Waals surface area contributed by atoms with E-state index in [1.807, 2.05) is 6.07 Å². The number of amides is 2. The number of nitrogens with one attached hydrogen (secondary N) is 3. The van der Waals surface area contributed by atoms with Crippen LogP contribution in [-0.4, -0.2) is 36.2 Å². The van der Waals surface area contributed by atoms with Gasteiger partial charge in [0.2, 0.25) is 0 Å². The summed E-state index contributed by atoms with van der Waals surface area (Å²) in [4.78, 5) is 24.2. The second-order valence-corrected chi connectivity index (χ2v) is 6.60. The second kappa shape index (κ2) is 9.25. The minimum atomic E-state index is -0.279. The summed E-state index contributed by atoms with van der Waals surface area (Å²) < 4.78 is 5.49. The molecule has 0 aliphatic carbocycles. The zero-order chi connectivity index (χ0) is 19.1. The van der Waals surface area contributed by atoms with E-state index < -0.39 is 0 Å². The molecule has 1 atom stereocenters. The molecule has 0 aromatic heterocycles. The third-order valence-corrected chi connectivity index (χ3v) is 4.39. The van der Waals surface area contributed by atoms with E-state index in [2.05, 4.69) is 16.0 Å². The van der Waals surface area contributed by atoms with Gasteiger partial charge in [-0.2, -0.15) is 0 Å². The van der Waals surface area contributed by atoms with Crippen LogP contribution in [0.25, 0.3) is 0 Å². The minimum Gasteiger partial charge on any atom is -0.376 e. The van der Waals surface area contributed by atoms with Gasteiger partial charge < -0.3 is 15.4 Å². The number of hydrogen-bond donors (Lipinski definition) is 3. The van der Waals surface area contributed by atoms with Crippen LogP contribution in [0.5, 0.6) is 0 Å². The quantitative estimate of drug-likeness (QED) is 0.692. The van der Waals surface area contributed by atoms with Crippen LogP contribution in [0.3, 0.4) is 0 Å². The molecule has 2 aromatic carbocycles. The Balaban J connectivity index is 1.48. The van der Waals surface area contributed by atoms with Crippen LogP contribution in [0, 0.1) is 0 Å². The predicted octanol–water partition coefficient (Wildman–Crippen LogP) is 2.72. The van der Waals surface area contributed by atoms with E-state index in [4.69, 9.17) is 17.0 Å². The Morgan fingerprint density at radius 2 is 1.70 bits per heavy atom. The van der Waals surface area contributed by atoms with Crippen LogP contribution < -0.4 is 16.0 Å². The van der Waals surface area contributed by atoms with Gasteiger partial charge in [0.25, 0.3) is 11.8 Å². The molecule has 6 nitrogen and oxygen atoms in total. The monoisotopic (exact) mass is 383 g/mol. The van der Waals surface area contributed by atoms with Gasteiger partial charge in [-0.05, 0) is 61.5 Å². The largest absolute Gasteiger partial charge is 0.376 e. The highest BCUT2D eigenvalue weighted by Crippen LogP contribution is 2.12. The van der Waals surface area contributed by atoms with Crippen LogP contribution in [0.15, 0.2) is 54.6 Å². The lowest BCUT2D eigenvalue weighted by molar-refractivity contribution is 0.0857. The van der Waals surface area contributed by atoms with Crippen molar-refractivity contribution in [1.82, 2.24) is 10.6 Å². The van der Waals surface area contributed by atoms with Crippen molar-refractivity contribution in [2.75, 3.05) is 18.5 Å². The van der Waals surface area contributed by atoms with E-state index in [9.17, 15) is 9.59 Å². The molecule has 0 spiro atoms. The summed E-state index contributed by atoms with van der Waals surface area (Å²) in [6.07, 6.45) is 2.14. The lowest BCUT2D eigenvalue weighted by Crippen LogP contribution is -2.34. The molecule has 3 rings (SSSR count). The predicted molar refractivity (Wildman–Crippen MR) is 108 cm³/mol. The van der Waals surface area contributed by atoms with Crippen LogP contribution in [0.4, 0.5) is 5.69 Å². The molecule has 27 heavy (non-hydrogen) atoms. The summed E-state index contributed by atoms with van der Waals surface area (Å²) in [5, 5.41) is 8.63. The van der Waals surface area contributed by atoms with Crippen LogP contribution in [0.2, 0.25) is 0 Å². The molecule has 0 radical (unpaired) electrons. The fraction of sp³-hybridized carbons (Fsp3) is 0.250. The van der Waals surface area contributed by atoms with Crippen molar-refractivity contribution >= 4 is 34.8 Å². The number of rotatable bonds is 5. The molecule has 1 fully saturated rings. The highest BCUT2D eigenvalue weighted by molar-refractivity contribution is 7.80. The topological polar surface area (TPSA) is 79.5 Å². The SMILES string of the molecule is O=C(NCC1CCCO1)c1ccc(NC(=S)NC(=O)c2ccccc2)cc1. The first-order chi connectivity index (χ1) is 13.1. The lowest BCUT2D eigenvalue weighted by Gasteiger charge is -2.12. The van der Waals surface area contributed by atoms with E-state index >= 15 is 0 Å². The van der Waals surface area contributed by atoms with Gasteiger partial charge in [-0.3, -0.25) is 14.9 Å². The first kappa shape index (κ1) is 19.0. The summed E-state index contributed by atoms with van der Waals surface area (Å²) >= 11 is 5.16. The van der Waals surface area contributed by atoms with Crippen molar-refractivity contribution in [3.63, 3.8) is 0 Å². The van der Waals surface area contributed by atoms with Crippen LogP contribution in [-0.2, 0) is 4.74 Å². The zero-order valence-corrected chi connectivity index (χ0v) is 15.6. The van der Waals surface area contributed by atoms with Gasteiger partial charge in [0.1, 0.15) is 0 Å². The molecule has 1 heterocycles. The molecule has 0 bridgehead atoms. The number of anilines is 1. The van der Waals surface area contributed by atoms with E-state index in [0.29, 0.717) is 23.4 Å². The number of benzene rings is 2. The number of thiocarbonyl (C=S) groups is 1. The van der Waals surface area contributed by atoms with E-state index in [1.54, 1.807) is 48.5 Å². The molecule has 2 aromatic rings.